The Bertz CT molecular complexity index is 309. The van der Waals surface area contributed by atoms with Gasteiger partial charge in [-0.15, -0.1) is 0 Å². The minimum absolute atomic E-state index is 0.0962. The first-order valence-electron chi connectivity index (χ1n) is 5.35. The molecule has 7 heteroatoms. The van der Waals surface area contributed by atoms with E-state index in [1.54, 1.807) is 0 Å². The number of rotatable bonds is 4. The largest absolute Gasteiger partial charge is 0.395 e. The van der Waals surface area contributed by atoms with Crippen molar-refractivity contribution in [3.8, 4) is 0 Å². The Morgan fingerprint density at radius 2 is 1.88 bits per heavy atom. The zero-order valence-corrected chi connectivity index (χ0v) is 10.8. The van der Waals surface area contributed by atoms with Gasteiger partial charge in [0.05, 0.1) is 18.8 Å². The third-order valence-corrected chi connectivity index (χ3v) is 4.44. The van der Waals surface area contributed by atoms with Crippen LogP contribution in [0.5, 0.6) is 0 Å². The Hall–Kier alpha value is -0.210. The topological polar surface area (TPSA) is 70.1 Å². The van der Waals surface area contributed by atoms with Crippen LogP contribution >= 0.6 is 0 Å². The van der Waals surface area contributed by atoms with Gasteiger partial charge in [0.1, 0.15) is 0 Å². The average Bonchev–Trinajstić information content (AvgIpc) is 2.16. The number of likely N-dealkylation sites (N-methyl/N-ethyl adjacent to an activating group) is 1. The molecule has 1 saturated heterocycles. The van der Waals surface area contributed by atoms with E-state index in [9.17, 15) is 8.42 Å². The van der Waals surface area contributed by atoms with Crippen LogP contribution < -0.4 is 0 Å². The molecule has 2 atom stereocenters. The van der Waals surface area contributed by atoms with Crippen molar-refractivity contribution in [1.82, 2.24) is 8.61 Å². The minimum atomic E-state index is -3.46. The highest BCUT2D eigenvalue weighted by Crippen LogP contribution is 2.16. The summed E-state index contributed by atoms with van der Waals surface area (Å²) in [5.74, 6) is 0. The first-order valence-corrected chi connectivity index (χ1v) is 6.75. The maximum absolute atomic E-state index is 12.1. The van der Waals surface area contributed by atoms with Crippen molar-refractivity contribution in [3.63, 3.8) is 0 Å². The lowest BCUT2D eigenvalue weighted by Crippen LogP contribution is -2.52. The Kier molecular flexibility index (Phi) is 4.69. The fourth-order valence-corrected chi connectivity index (χ4v) is 3.28. The summed E-state index contributed by atoms with van der Waals surface area (Å²) in [7, 11) is -1.99. The van der Waals surface area contributed by atoms with Crippen molar-refractivity contribution in [3.05, 3.63) is 0 Å². The lowest BCUT2D eigenvalue weighted by Gasteiger charge is -2.36. The summed E-state index contributed by atoms with van der Waals surface area (Å²) in [6.07, 6.45) is -0.192. The molecule has 96 valence electrons. The Labute approximate surface area is 97.0 Å². The molecule has 0 aromatic rings. The standard InChI is InChI=1S/C9H20N2O4S/c1-8-6-11(7-9(2)15-8)16(13,14)10(3)4-5-12/h8-9,12H,4-7H2,1-3H3. The van der Waals surface area contributed by atoms with Crippen LogP contribution in [0.4, 0.5) is 0 Å². The number of aliphatic hydroxyl groups is 1. The molecular weight excluding hydrogens is 232 g/mol. The van der Waals surface area contributed by atoms with Crippen LogP contribution in [-0.2, 0) is 14.9 Å². The van der Waals surface area contributed by atoms with Crippen molar-refractivity contribution in [2.24, 2.45) is 0 Å². The maximum Gasteiger partial charge on any atom is 0.281 e. The third-order valence-electron chi connectivity index (χ3n) is 2.52. The number of morpholine rings is 1. The predicted molar refractivity (Wildman–Crippen MR) is 60.2 cm³/mol. The van der Waals surface area contributed by atoms with Gasteiger partial charge in [-0.3, -0.25) is 0 Å². The number of ether oxygens (including phenoxy) is 1. The molecule has 16 heavy (non-hydrogen) atoms. The van der Waals surface area contributed by atoms with Crippen molar-refractivity contribution in [2.45, 2.75) is 26.1 Å². The van der Waals surface area contributed by atoms with Crippen LogP contribution in [0.25, 0.3) is 0 Å². The van der Waals surface area contributed by atoms with Crippen molar-refractivity contribution in [2.75, 3.05) is 33.3 Å². The van der Waals surface area contributed by atoms with E-state index in [0.717, 1.165) is 4.31 Å². The smallest absolute Gasteiger partial charge is 0.281 e. The zero-order chi connectivity index (χ0) is 12.3. The molecule has 0 radical (unpaired) electrons. The molecule has 0 aliphatic carbocycles. The SMILES string of the molecule is CC1CN(S(=O)(=O)N(C)CCO)CC(C)O1. The zero-order valence-electron chi connectivity index (χ0n) is 9.96. The van der Waals surface area contributed by atoms with Crippen LogP contribution in [0.1, 0.15) is 13.8 Å². The van der Waals surface area contributed by atoms with Crippen molar-refractivity contribution < 1.29 is 18.3 Å². The third kappa shape index (κ3) is 3.14. The molecule has 0 bridgehead atoms. The van der Waals surface area contributed by atoms with Crippen LogP contribution in [0.15, 0.2) is 0 Å². The number of hydrogen-bond acceptors (Lipinski definition) is 4. The molecule has 1 N–H and O–H groups in total. The van der Waals surface area contributed by atoms with Gasteiger partial charge in [0, 0.05) is 26.7 Å². The lowest BCUT2D eigenvalue weighted by atomic mass is 10.3. The Balaban J connectivity index is 2.75. The van der Waals surface area contributed by atoms with E-state index in [1.807, 2.05) is 13.8 Å². The lowest BCUT2D eigenvalue weighted by molar-refractivity contribution is -0.0453. The summed E-state index contributed by atoms with van der Waals surface area (Å²) < 4.78 is 32.1. The van der Waals surface area contributed by atoms with Crippen LogP contribution in [-0.4, -0.2) is 67.6 Å². The van der Waals surface area contributed by atoms with Gasteiger partial charge in [-0.2, -0.15) is 17.0 Å². The number of aliphatic hydroxyl groups excluding tert-OH is 1. The van der Waals surface area contributed by atoms with Gasteiger partial charge in [0.2, 0.25) is 0 Å². The molecule has 0 spiro atoms. The fraction of sp³-hybridized carbons (Fsp3) is 1.00. The molecule has 2 unspecified atom stereocenters. The summed E-state index contributed by atoms with van der Waals surface area (Å²) in [5, 5.41) is 8.75. The van der Waals surface area contributed by atoms with Gasteiger partial charge in [0.15, 0.2) is 0 Å². The fourth-order valence-electron chi connectivity index (χ4n) is 1.77. The molecule has 1 fully saturated rings. The molecule has 1 aliphatic rings. The van der Waals surface area contributed by atoms with Gasteiger partial charge in [-0.25, -0.2) is 0 Å². The Morgan fingerprint density at radius 3 is 2.31 bits per heavy atom. The second-order valence-corrected chi connectivity index (χ2v) is 6.16. The van der Waals surface area contributed by atoms with Gasteiger partial charge in [-0.05, 0) is 13.8 Å². The quantitative estimate of drug-likeness (QED) is 0.716. The van der Waals surface area contributed by atoms with Crippen molar-refractivity contribution >= 4 is 10.2 Å². The summed E-state index contributed by atoms with van der Waals surface area (Å²) in [6, 6.07) is 0. The van der Waals surface area contributed by atoms with E-state index >= 15 is 0 Å². The van der Waals surface area contributed by atoms with E-state index < -0.39 is 10.2 Å². The highest BCUT2D eigenvalue weighted by Gasteiger charge is 2.33. The molecule has 0 amide bonds. The summed E-state index contributed by atoms with van der Waals surface area (Å²) in [5.41, 5.74) is 0. The molecule has 1 aliphatic heterocycles. The number of hydrogen-bond donors (Lipinski definition) is 1. The van der Waals surface area contributed by atoms with Gasteiger partial charge < -0.3 is 9.84 Å². The second-order valence-electron chi connectivity index (χ2n) is 4.13. The van der Waals surface area contributed by atoms with Crippen LogP contribution in [0, 0.1) is 0 Å². The van der Waals surface area contributed by atoms with E-state index in [4.69, 9.17) is 9.84 Å². The van der Waals surface area contributed by atoms with E-state index in [-0.39, 0.29) is 25.4 Å². The monoisotopic (exact) mass is 252 g/mol. The molecule has 0 aromatic heterocycles. The second kappa shape index (κ2) is 5.42. The van der Waals surface area contributed by atoms with Crippen LogP contribution in [0.3, 0.4) is 0 Å². The highest BCUT2D eigenvalue weighted by molar-refractivity contribution is 7.86. The Morgan fingerprint density at radius 1 is 1.38 bits per heavy atom. The molecule has 0 saturated carbocycles. The first kappa shape index (κ1) is 13.9. The normalized spacial score (nSPS) is 28.6. The average molecular weight is 252 g/mol. The molecule has 1 heterocycles. The van der Waals surface area contributed by atoms with Gasteiger partial charge in [0.25, 0.3) is 10.2 Å². The molecular formula is C9H20N2O4S. The van der Waals surface area contributed by atoms with E-state index in [2.05, 4.69) is 0 Å². The molecule has 0 aromatic carbocycles. The summed E-state index contributed by atoms with van der Waals surface area (Å²) in [6.45, 7) is 4.37. The molecule has 1 rings (SSSR count). The van der Waals surface area contributed by atoms with Crippen LogP contribution in [0.2, 0.25) is 0 Å². The maximum atomic E-state index is 12.1. The van der Waals surface area contributed by atoms with E-state index in [0.29, 0.717) is 13.1 Å². The summed E-state index contributed by atoms with van der Waals surface area (Å²) >= 11 is 0. The van der Waals surface area contributed by atoms with Crippen molar-refractivity contribution in [1.29, 1.82) is 0 Å². The van der Waals surface area contributed by atoms with Gasteiger partial charge >= 0.3 is 0 Å². The molecule has 6 nitrogen and oxygen atoms in total. The predicted octanol–water partition coefficient (Wildman–Crippen LogP) is -0.735. The number of nitrogens with zero attached hydrogens (tertiary/aromatic N) is 2. The highest BCUT2D eigenvalue weighted by atomic mass is 32.2. The van der Waals surface area contributed by atoms with Gasteiger partial charge in [-0.1, -0.05) is 0 Å². The summed E-state index contributed by atoms with van der Waals surface area (Å²) in [4.78, 5) is 0. The minimum Gasteiger partial charge on any atom is -0.395 e. The van der Waals surface area contributed by atoms with E-state index in [1.165, 1.54) is 11.4 Å². The first-order chi connectivity index (χ1) is 7.37.